The first-order valence-corrected chi connectivity index (χ1v) is 9.88. The SMILES string of the molecule is Cc1ccccc1-c1nnc(S[C@H](C)c2nnc(-c3cccs3)o2)n1C. The summed E-state index contributed by atoms with van der Waals surface area (Å²) in [6.45, 7) is 4.10. The molecule has 0 fully saturated rings. The van der Waals surface area contributed by atoms with Gasteiger partial charge < -0.3 is 8.98 Å². The molecule has 4 aromatic rings. The molecule has 1 aromatic carbocycles. The number of hydrogen-bond donors (Lipinski definition) is 0. The van der Waals surface area contributed by atoms with Crippen LogP contribution < -0.4 is 0 Å². The second kappa shape index (κ2) is 7.05. The summed E-state index contributed by atoms with van der Waals surface area (Å²) in [5, 5.41) is 19.8. The maximum atomic E-state index is 5.82. The van der Waals surface area contributed by atoms with Crippen LogP contribution in [0.4, 0.5) is 0 Å². The van der Waals surface area contributed by atoms with E-state index in [1.807, 2.05) is 48.2 Å². The van der Waals surface area contributed by atoms with E-state index in [1.165, 1.54) is 5.56 Å². The molecule has 0 saturated heterocycles. The third-order valence-electron chi connectivity index (χ3n) is 4.02. The zero-order valence-corrected chi connectivity index (χ0v) is 16.2. The predicted molar refractivity (Wildman–Crippen MR) is 103 cm³/mol. The molecule has 1 atom stereocenters. The molecule has 0 N–H and O–H groups in total. The zero-order chi connectivity index (χ0) is 18.1. The molecule has 26 heavy (non-hydrogen) atoms. The van der Waals surface area contributed by atoms with Gasteiger partial charge in [0, 0.05) is 12.6 Å². The Hall–Kier alpha value is -2.45. The molecule has 132 valence electrons. The van der Waals surface area contributed by atoms with Crippen molar-refractivity contribution in [2.75, 3.05) is 0 Å². The van der Waals surface area contributed by atoms with Crippen LogP contribution in [-0.4, -0.2) is 25.0 Å². The number of benzene rings is 1. The highest BCUT2D eigenvalue weighted by Crippen LogP contribution is 2.36. The molecule has 0 saturated carbocycles. The topological polar surface area (TPSA) is 69.6 Å². The Bertz CT molecular complexity index is 1020. The van der Waals surface area contributed by atoms with Crippen LogP contribution in [0.1, 0.15) is 23.6 Å². The molecule has 0 radical (unpaired) electrons. The maximum absolute atomic E-state index is 5.82. The Kier molecular flexibility index (Phi) is 4.60. The highest BCUT2D eigenvalue weighted by atomic mass is 32.2. The monoisotopic (exact) mass is 383 g/mol. The standard InChI is InChI=1S/C18H17N5OS2/c1-11-7-4-5-8-13(11)15-19-22-18(23(15)3)26-12(2)16-20-21-17(24-16)14-9-6-10-25-14/h4-10,12H,1-3H3/t12-/m1/s1. The smallest absolute Gasteiger partial charge is 0.257 e. The Morgan fingerprint density at radius 3 is 2.69 bits per heavy atom. The molecule has 3 aromatic heterocycles. The molecule has 0 aliphatic carbocycles. The zero-order valence-electron chi connectivity index (χ0n) is 14.6. The first-order valence-electron chi connectivity index (χ1n) is 8.13. The Morgan fingerprint density at radius 2 is 1.92 bits per heavy atom. The largest absolute Gasteiger partial charge is 0.419 e. The van der Waals surface area contributed by atoms with Crippen molar-refractivity contribution < 1.29 is 4.42 Å². The van der Waals surface area contributed by atoms with E-state index in [0.29, 0.717) is 11.8 Å². The average Bonchev–Trinajstić information content (AvgIpc) is 3.37. The van der Waals surface area contributed by atoms with Gasteiger partial charge in [0.25, 0.3) is 5.89 Å². The maximum Gasteiger partial charge on any atom is 0.257 e. The second-order valence-electron chi connectivity index (χ2n) is 5.86. The molecular formula is C18H17N5OS2. The first-order chi connectivity index (χ1) is 12.6. The van der Waals surface area contributed by atoms with Gasteiger partial charge in [-0.2, -0.15) is 0 Å². The van der Waals surface area contributed by atoms with Gasteiger partial charge in [-0.05, 0) is 30.9 Å². The Morgan fingerprint density at radius 1 is 1.08 bits per heavy atom. The van der Waals surface area contributed by atoms with Crippen LogP contribution in [0, 0.1) is 6.92 Å². The van der Waals surface area contributed by atoms with Gasteiger partial charge in [0.1, 0.15) is 0 Å². The minimum absolute atomic E-state index is 0.0242. The highest BCUT2D eigenvalue weighted by molar-refractivity contribution is 7.99. The quantitative estimate of drug-likeness (QED) is 0.463. The lowest BCUT2D eigenvalue weighted by atomic mass is 10.1. The van der Waals surface area contributed by atoms with Crippen LogP contribution in [0.2, 0.25) is 0 Å². The average molecular weight is 384 g/mol. The van der Waals surface area contributed by atoms with E-state index >= 15 is 0 Å². The van der Waals surface area contributed by atoms with E-state index in [0.717, 1.165) is 21.4 Å². The van der Waals surface area contributed by atoms with Gasteiger partial charge >= 0.3 is 0 Å². The van der Waals surface area contributed by atoms with E-state index in [4.69, 9.17) is 4.42 Å². The van der Waals surface area contributed by atoms with Gasteiger partial charge in [-0.3, -0.25) is 0 Å². The summed E-state index contributed by atoms with van der Waals surface area (Å²) < 4.78 is 7.82. The molecule has 6 nitrogen and oxygen atoms in total. The van der Waals surface area contributed by atoms with Gasteiger partial charge in [-0.25, -0.2) is 0 Å². The molecule has 0 aliphatic heterocycles. The van der Waals surface area contributed by atoms with Gasteiger partial charge in [0.15, 0.2) is 11.0 Å². The first kappa shape index (κ1) is 17.0. The number of aryl methyl sites for hydroxylation is 1. The molecule has 4 rings (SSSR count). The van der Waals surface area contributed by atoms with Crippen LogP contribution >= 0.6 is 23.1 Å². The van der Waals surface area contributed by atoms with Crippen molar-refractivity contribution >= 4 is 23.1 Å². The molecule has 3 heterocycles. The molecule has 0 amide bonds. The van der Waals surface area contributed by atoms with Crippen molar-refractivity contribution in [1.82, 2.24) is 25.0 Å². The summed E-state index contributed by atoms with van der Waals surface area (Å²) in [6.07, 6.45) is 0. The van der Waals surface area contributed by atoms with E-state index in [2.05, 4.69) is 39.5 Å². The Balaban J connectivity index is 1.55. The van der Waals surface area contributed by atoms with E-state index < -0.39 is 0 Å². The van der Waals surface area contributed by atoms with Crippen LogP contribution in [0.5, 0.6) is 0 Å². The molecular weight excluding hydrogens is 366 g/mol. The third kappa shape index (κ3) is 3.17. The Labute approximate surface area is 159 Å². The summed E-state index contributed by atoms with van der Waals surface area (Å²) >= 11 is 3.13. The lowest BCUT2D eigenvalue weighted by molar-refractivity contribution is 0.509. The molecule has 0 bridgehead atoms. The fraction of sp³-hybridized carbons (Fsp3) is 0.222. The van der Waals surface area contributed by atoms with Crippen molar-refractivity contribution in [3.63, 3.8) is 0 Å². The fourth-order valence-electron chi connectivity index (χ4n) is 2.58. The summed E-state index contributed by atoms with van der Waals surface area (Å²) in [7, 11) is 1.97. The van der Waals surface area contributed by atoms with Gasteiger partial charge in [0.05, 0.1) is 10.1 Å². The van der Waals surface area contributed by atoms with Gasteiger partial charge in [-0.15, -0.1) is 31.7 Å². The van der Waals surface area contributed by atoms with Crippen LogP contribution in [0.3, 0.4) is 0 Å². The van der Waals surface area contributed by atoms with Crippen LogP contribution in [0.15, 0.2) is 51.4 Å². The minimum Gasteiger partial charge on any atom is -0.419 e. The van der Waals surface area contributed by atoms with E-state index in [1.54, 1.807) is 23.1 Å². The number of nitrogens with zero attached hydrogens (tertiary/aromatic N) is 5. The van der Waals surface area contributed by atoms with E-state index in [-0.39, 0.29) is 5.25 Å². The van der Waals surface area contributed by atoms with Crippen LogP contribution in [0.25, 0.3) is 22.2 Å². The van der Waals surface area contributed by atoms with Crippen LogP contribution in [-0.2, 0) is 7.05 Å². The van der Waals surface area contributed by atoms with Crippen molar-refractivity contribution in [2.45, 2.75) is 24.3 Å². The second-order valence-corrected chi connectivity index (χ2v) is 8.12. The van der Waals surface area contributed by atoms with Crippen molar-refractivity contribution in [3.05, 3.63) is 53.2 Å². The fourth-order valence-corrected chi connectivity index (χ4v) is 4.07. The number of rotatable bonds is 5. The molecule has 0 aliphatic rings. The molecule has 0 spiro atoms. The minimum atomic E-state index is -0.0242. The van der Waals surface area contributed by atoms with Gasteiger partial charge in [0.2, 0.25) is 5.89 Å². The van der Waals surface area contributed by atoms with Gasteiger partial charge in [-0.1, -0.05) is 42.1 Å². The lowest BCUT2D eigenvalue weighted by Crippen LogP contribution is -1.98. The van der Waals surface area contributed by atoms with E-state index in [9.17, 15) is 0 Å². The third-order valence-corrected chi connectivity index (χ3v) is 6.00. The van der Waals surface area contributed by atoms with Crippen molar-refractivity contribution in [3.8, 4) is 22.2 Å². The number of thiophene rings is 1. The summed E-state index contributed by atoms with van der Waals surface area (Å²) in [4.78, 5) is 0.974. The number of thioether (sulfide) groups is 1. The van der Waals surface area contributed by atoms with Crippen molar-refractivity contribution in [1.29, 1.82) is 0 Å². The highest BCUT2D eigenvalue weighted by Gasteiger charge is 2.20. The van der Waals surface area contributed by atoms with Crippen molar-refractivity contribution in [2.24, 2.45) is 7.05 Å². The summed E-state index contributed by atoms with van der Waals surface area (Å²) in [6, 6.07) is 12.1. The lowest BCUT2D eigenvalue weighted by Gasteiger charge is -2.08. The molecule has 0 unspecified atom stereocenters. The normalized spacial score (nSPS) is 12.4. The number of hydrogen-bond acceptors (Lipinski definition) is 7. The summed E-state index contributed by atoms with van der Waals surface area (Å²) in [5.41, 5.74) is 2.25. The summed E-state index contributed by atoms with van der Waals surface area (Å²) in [5.74, 6) is 1.99. The molecule has 8 heteroatoms. The predicted octanol–water partition coefficient (Wildman–Crippen LogP) is 4.76. The number of aromatic nitrogens is 5.